The van der Waals surface area contributed by atoms with Crippen molar-refractivity contribution in [2.45, 2.75) is 46.6 Å². The minimum Gasteiger partial charge on any atom is -0.466 e. The predicted octanol–water partition coefficient (Wildman–Crippen LogP) is 2.29. The van der Waals surface area contributed by atoms with Crippen molar-refractivity contribution in [3.05, 3.63) is 11.6 Å². The third kappa shape index (κ3) is 4.47. The molecule has 0 radical (unpaired) electrons. The average Bonchev–Trinajstić information content (AvgIpc) is 2.01. The Kier molecular flexibility index (Phi) is 5.58. The number of hydrogen-bond donors (Lipinski definition) is 1. The zero-order chi connectivity index (χ0) is 12.1. The first-order valence-corrected chi connectivity index (χ1v) is 5.40. The summed E-state index contributed by atoms with van der Waals surface area (Å²) >= 11 is 0. The number of carbonyl (C=O) groups excluding carboxylic acids is 1. The summed E-state index contributed by atoms with van der Waals surface area (Å²) in [6.45, 7) is 9.42. The normalized spacial score (nSPS) is 16.4. The summed E-state index contributed by atoms with van der Waals surface area (Å²) in [6, 6.07) is 0. The molecule has 0 aliphatic rings. The second-order valence-corrected chi connectivity index (χ2v) is 4.16. The molecule has 0 aliphatic carbocycles. The van der Waals surface area contributed by atoms with E-state index in [2.05, 4.69) is 0 Å². The van der Waals surface area contributed by atoms with Gasteiger partial charge in [0, 0.05) is 0 Å². The topological polar surface area (TPSA) is 46.5 Å². The van der Waals surface area contributed by atoms with Crippen LogP contribution in [-0.4, -0.2) is 23.3 Å². The van der Waals surface area contributed by atoms with Crippen LogP contribution in [0.4, 0.5) is 0 Å². The van der Waals surface area contributed by atoms with Gasteiger partial charge in [-0.05, 0) is 34.1 Å². The molecule has 2 unspecified atom stereocenters. The first-order chi connectivity index (χ1) is 6.85. The number of carbonyl (C=O) groups is 1. The van der Waals surface area contributed by atoms with E-state index in [0.29, 0.717) is 13.0 Å². The molecule has 0 aromatic rings. The van der Waals surface area contributed by atoms with Gasteiger partial charge >= 0.3 is 5.97 Å². The van der Waals surface area contributed by atoms with Crippen LogP contribution >= 0.6 is 0 Å². The fourth-order valence-corrected chi connectivity index (χ4v) is 1.75. The highest BCUT2D eigenvalue weighted by molar-refractivity contribution is 5.74. The summed E-state index contributed by atoms with van der Waals surface area (Å²) in [4.78, 5) is 11.6. The maximum absolute atomic E-state index is 11.6. The van der Waals surface area contributed by atoms with Crippen LogP contribution in [0.5, 0.6) is 0 Å². The first-order valence-electron chi connectivity index (χ1n) is 5.40. The average molecular weight is 214 g/mol. The van der Waals surface area contributed by atoms with Crippen LogP contribution in [0.3, 0.4) is 0 Å². The van der Waals surface area contributed by atoms with E-state index in [1.165, 1.54) is 0 Å². The summed E-state index contributed by atoms with van der Waals surface area (Å²) in [5.41, 5.74) is -0.137. The van der Waals surface area contributed by atoms with Crippen molar-refractivity contribution in [1.29, 1.82) is 0 Å². The number of esters is 1. The van der Waals surface area contributed by atoms with Gasteiger partial charge in [-0.2, -0.15) is 0 Å². The van der Waals surface area contributed by atoms with E-state index in [1.807, 2.05) is 20.8 Å². The van der Waals surface area contributed by atoms with Gasteiger partial charge < -0.3 is 9.84 Å². The summed E-state index contributed by atoms with van der Waals surface area (Å²) < 4.78 is 4.93. The number of aliphatic hydroxyl groups is 1. The van der Waals surface area contributed by atoms with Gasteiger partial charge in [-0.3, -0.25) is 4.79 Å². The SMILES string of the molecule is CCOC(=O)C(CC)C(C)(O)C=C(C)C. The number of hydrogen-bond acceptors (Lipinski definition) is 3. The maximum atomic E-state index is 11.6. The van der Waals surface area contributed by atoms with Crippen LogP contribution in [0.15, 0.2) is 11.6 Å². The molecule has 0 heterocycles. The molecule has 0 aromatic carbocycles. The molecule has 0 spiro atoms. The highest BCUT2D eigenvalue weighted by Gasteiger charge is 2.35. The summed E-state index contributed by atoms with van der Waals surface area (Å²) in [6.07, 6.45) is 2.27. The standard InChI is InChI=1S/C12H22O3/c1-6-10(11(13)15-7-2)12(5,14)8-9(3)4/h8,10,14H,6-7H2,1-5H3. The van der Waals surface area contributed by atoms with Gasteiger partial charge in [0.25, 0.3) is 0 Å². The highest BCUT2D eigenvalue weighted by Crippen LogP contribution is 2.24. The Morgan fingerprint density at radius 2 is 2.00 bits per heavy atom. The Labute approximate surface area is 92.1 Å². The molecular formula is C12H22O3. The van der Waals surface area contributed by atoms with E-state index in [9.17, 15) is 9.90 Å². The van der Waals surface area contributed by atoms with E-state index in [1.54, 1.807) is 19.9 Å². The van der Waals surface area contributed by atoms with Crippen LogP contribution in [0.2, 0.25) is 0 Å². The van der Waals surface area contributed by atoms with Crippen LogP contribution in [0, 0.1) is 5.92 Å². The van der Waals surface area contributed by atoms with Crippen LogP contribution in [-0.2, 0) is 9.53 Å². The number of ether oxygens (including phenoxy) is 1. The molecule has 0 aromatic heterocycles. The van der Waals surface area contributed by atoms with E-state index in [0.717, 1.165) is 5.57 Å². The fraction of sp³-hybridized carbons (Fsp3) is 0.750. The number of allylic oxidation sites excluding steroid dienone is 1. The zero-order valence-corrected chi connectivity index (χ0v) is 10.3. The Balaban J connectivity index is 4.79. The van der Waals surface area contributed by atoms with Crippen molar-refractivity contribution < 1.29 is 14.6 Å². The van der Waals surface area contributed by atoms with Gasteiger partial charge in [0.15, 0.2) is 0 Å². The summed E-state index contributed by atoms with van der Waals surface area (Å²) in [7, 11) is 0. The largest absolute Gasteiger partial charge is 0.466 e. The minimum absolute atomic E-state index is 0.331. The third-order valence-corrected chi connectivity index (χ3v) is 2.27. The van der Waals surface area contributed by atoms with Gasteiger partial charge in [0.1, 0.15) is 0 Å². The molecule has 0 rings (SSSR count). The summed E-state index contributed by atoms with van der Waals surface area (Å²) in [5.74, 6) is -0.824. The molecule has 0 bridgehead atoms. The lowest BCUT2D eigenvalue weighted by atomic mass is 9.85. The lowest BCUT2D eigenvalue weighted by Gasteiger charge is -2.28. The van der Waals surface area contributed by atoms with Gasteiger partial charge in [0.2, 0.25) is 0 Å². The molecule has 0 saturated carbocycles. The van der Waals surface area contributed by atoms with Gasteiger partial charge in [-0.1, -0.05) is 18.6 Å². The molecule has 15 heavy (non-hydrogen) atoms. The molecule has 0 aliphatic heterocycles. The molecule has 1 N–H and O–H groups in total. The quantitative estimate of drug-likeness (QED) is 0.564. The molecule has 0 fully saturated rings. The van der Waals surface area contributed by atoms with Crippen molar-refractivity contribution >= 4 is 5.97 Å². The monoisotopic (exact) mass is 214 g/mol. The molecular weight excluding hydrogens is 192 g/mol. The lowest BCUT2D eigenvalue weighted by molar-refractivity contribution is -0.154. The third-order valence-electron chi connectivity index (χ3n) is 2.27. The Hall–Kier alpha value is -0.830. The Bertz CT molecular complexity index is 237. The molecule has 88 valence electrons. The van der Waals surface area contributed by atoms with Crippen molar-refractivity contribution in [3.8, 4) is 0 Å². The first kappa shape index (κ1) is 14.2. The van der Waals surface area contributed by atoms with E-state index >= 15 is 0 Å². The summed E-state index contributed by atoms with van der Waals surface area (Å²) in [5, 5.41) is 10.2. The second kappa shape index (κ2) is 5.91. The zero-order valence-electron chi connectivity index (χ0n) is 10.3. The minimum atomic E-state index is -1.13. The smallest absolute Gasteiger partial charge is 0.312 e. The highest BCUT2D eigenvalue weighted by atomic mass is 16.5. The molecule has 0 saturated heterocycles. The molecule has 3 heteroatoms. The lowest BCUT2D eigenvalue weighted by Crippen LogP contribution is -2.38. The van der Waals surface area contributed by atoms with Crippen molar-refractivity contribution in [3.63, 3.8) is 0 Å². The van der Waals surface area contributed by atoms with E-state index in [4.69, 9.17) is 4.74 Å². The van der Waals surface area contributed by atoms with E-state index in [-0.39, 0.29) is 5.97 Å². The number of rotatable bonds is 5. The van der Waals surface area contributed by atoms with Gasteiger partial charge in [-0.25, -0.2) is 0 Å². The fourth-order valence-electron chi connectivity index (χ4n) is 1.75. The maximum Gasteiger partial charge on any atom is 0.312 e. The van der Waals surface area contributed by atoms with Crippen molar-refractivity contribution in [1.82, 2.24) is 0 Å². The van der Waals surface area contributed by atoms with Crippen molar-refractivity contribution in [2.24, 2.45) is 5.92 Å². The van der Waals surface area contributed by atoms with Crippen LogP contribution in [0.25, 0.3) is 0 Å². The second-order valence-electron chi connectivity index (χ2n) is 4.16. The van der Waals surface area contributed by atoms with Crippen LogP contribution in [0.1, 0.15) is 41.0 Å². The molecule has 2 atom stereocenters. The Morgan fingerprint density at radius 1 is 1.47 bits per heavy atom. The van der Waals surface area contributed by atoms with E-state index < -0.39 is 11.5 Å². The Morgan fingerprint density at radius 3 is 2.33 bits per heavy atom. The molecule has 0 amide bonds. The van der Waals surface area contributed by atoms with Crippen LogP contribution < -0.4 is 0 Å². The van der Waals surface area contributed by atoms with Crippen molar-refractivity contribution in [2.75, 3.05) is 6.61 Å². The van der Waals surface area contributed by atoms with Gasteiger partial charge in [-0.15, -0.1) is 0 Å². The van der Waals surface area contributed by atoms with Gasteiger partial charge in [0.05, 0.1) is 18.1 Å². The molecule has 3 nitrogen and oxygen atoms in total. The predicted molar refractivity (Wildman–Crippen MR) is 60.5 cm³/mol.